The summed E-state index contributed by atoms with van der Waals surface area (Å²) in [6.45, 7) is 6.26. The predicted molar refractivity (Wildman–Crippen MR) is 117 cm³/mol. The van der Waals surface area contributed by atoms with Gasteiger partial charge < -0.3 is 4.74 Å². The molecular formula is C25H42O2. The van der Waals surface area contributed by atoms with E-state index in [-0.39, 0.29) is 6.10 Å². The predicted octanol–water partition coefficient (Wildman–Crippen LogP) is 7.92. The second-order valence-corrected chi connectivity index (χ2v) is 8.11. The van der Waals surface area contributed by atoms with E-state index in [0.717, 1.165) is 36.0 Å². The fraction of sp³-hybridized carbons (Fsp3) is 0.720. The van der Waals surface area contributed by atoms with Crippen molar-refractivity contribution in [3.05, 3.63) is 29.3 Å². The Kier molecular flexibility index (Phi) is 13.8. The molecule has 0 saturated heterocycles. The maximum Gasteiger partial charge on any atom is 0.154 e. The van der Waals surface area contributed by atoms with E-state index in [2.05, 4.69) is 13.0 Å². The summed E-state index contributed by atoms with van der Waals surface area (Å²) in [6.07, 6.45) is 19.8. The molecule has 2 nitrogen and oxygen atoms in total. The molecule has 27 heavy (non-hydrogen) atoms. The highest BCUT2D eigenvalue weighted by Gasteiger charge is 2.09. The fourth-order valence-electron chi connectivity index (χ4n) is 3.63. The number of benzene rings is 1. The van der Waals surface area contributed by atoms with E-state index in [1.807, 2.05) is 26.0 Å². The summed E-state index contributed by atoms with van der Waals surface area (Å²) in [4.78, 5) is 11.5. The first-order valence-electron chi connectivity index (χ1n) is 11.4. The SMILES string of the molecule is CCCCCCCCCCCCCCCc1cccc(OC(C)C)c1C=O. The fourth-order valence-corrected chi connectivity index (χ4v) is 3.63. The third-order valence-electron chi connectivity index (χ3n) is 5.19. The Bertz CT molecular complexity index is 493. The van der Waals surface area contributed by atoms with Crippen LogP contribution in [0, 0.1) is 0 Å². The summed E-state index contributed by atoms with van der Waals surface area (Å²) in [7, 11) is 0. The molecule has 0 aliphatic carbocycles. The van der Waals surface area contributed by atoms with Crippen LogP contribution in [0.1, 0.15) is 120 Å². The van der Waals surface area contributed by atoms with Gasteiger partial charge in [-0.05, 0) is 38.3 Å². The quantitative estimate of drug-likeness (QED) is 0.204. The van der Waals surface area contributed by atoms with Crippen molar-refractivity contribution >= 4 is 6.29 Å². The van der Waals surface area contributed by atoms with E-state index >= 15 is 0 Å². The molecule has 0 spiro atoms. The molecule has 154 valence electrons. The first kappa shape index (κ1) is 23.7. The maximum absolute atomic E-state index is 11.5. The maximum atomic E-state index is 11.5. The molecule has 0 saturated carbocycles. The van der Waals surface area contributed by atoms with Crippen LogP contribution in [0.15, 0.2) is 18.2 Å². The first-order valence-corrected chi connectivity index (χ1v) is 11.4. The minimum atomic E-state index is 0.0929. The van der Waals surface area contributed by atoms with Crippen LogP contribution in [0.2, 0.25) is 0 Å². The van der Waals surface area contributed by atoms with Crippen molar-refractivity contribution in [3.8, 4) is 5.75 Å². The monoisotopic (exact) mass is 374 g/mol. The van der Waals surface area contributed by atoms with Crippen molar-refractivity contribution in [2.45, 2.75) is 117 Å². The Hall–Kier alpha value is -1.31. The topological polar surface area (TPSA) is 26.3 Å². The number of hydrogen-bond acceptors (Lipinski definition) is 2. The molecule has 0 bridgehead atoms. The van der Waals surface area contributed by atoms with E-state index in [1.54, 1.807) is 0 Å². The molecule has 1 aromatic rings. The lowest BCUT2D eigenvalue weighted by atomic mass is 10.00. The van der Waals surface area contributed by atoms with Crippen LogP contribution in [0.3, 0.4) is 0 Å². The summed E-state index contributed by atoms with van der Waals surface area (Å²) >= 11 is 0. The molecule has 0 aliphatic rings. The summed E-state index contributed by atoms with van der Waals surface area (Å²) in [5.74, 6) is 0.729. The molecule has 0 unspecified atom stereocenters. The van der Waals surface area contributed by atoms with Gasteiger partial charge in [0, 0.05) is 0 Å². The molecule has 0 aliphatic heterocycles. The van der Waals surface area contributed by atoms with E-state index in [9.17, 15) is 4.79 Å². The van der Waals surface area contributed by atoms with Crippen LogP contribution in [0.25, 0.3) is 0 Å². The molecule has 0 aromatic heterocycles. The van der Waals surface area contributed by atoms with Crippen LogP contribution in [0.5, 0.6) is 5.75 Å². The van der Waals surface area contributed by atoms with Crippen LogP contribution < -0.4 is 4.74 Å². The van der Waals surface area contributed by atoms with Gasteiger partial charge in [-0.3, -0.25) is 4.79 Å². The van der Waals surface area contributed by atoms with Gasteiger partial charge in [-0.25, -0.2) is 0 Å². The lowest BCUT2D eigenvalue weighted by Crippen LogP contribution is -2.08. The van der Waals surface area contributed by atoms with Gasteiger partial charge in [0.1, 0.15) is 5.75 Å². The molecule has 0 radical (unpaired) electrons. The summed E-state index contributed by atoms with van der Waals surface area (Å²) in [6, 6.07) is 5.97. The van der Waals surface area contributed by atoms with Gasteiger partial charge in [-0.15, -0.1) is 0 Å². The molecule has 0 N–H and O–H groups in total. The smallest absolute Gasteiger partial charge is 0.154 e. The third-order valence-corrected chi connectivity index (χ3v) is 5.19. The van der Waals surface area contributed by atoms with Crippen molar-refractivity contribution in [3.63, 3.8) is 0 Å². The average Bonchev–Trinajstić information content (AvgIpc) is 2.65. The van der Waals surface area contributed by atoms with Crippen molar-refractivity contribution < 1.29 is 9.53 Å². The molecule has 1 rings (SSSR count). The van der Waals surface area contributed by atoms with Crippen molar-refractivity contribution in [1.29, 1.82) is 0 Å². The second-order valence-electron chi connectivity index (χ2n) is 8.11. The van der Waals surface area contributed by atoms with E-state index in [1.165, 1.54) is 77.0 Å². The van der Waals surface area contributed by atoms with Gasteiger partial charge in [0.15, 0.2) is 6.29 Å². The molecular weight excluding hydrogens is 332 g/mol. The number of hydrogen-bond donors (Lipinski definition) is 0. The van der Waals surface area contributed by atoms with Crippen molar-refractivity contribution in [2.75, 3.05) is 0 Å². The Morgan fingerprint density at radius 2 is 1.33 bits per heavy atom. The summed E-state index contributed by atoms with van der Waals surface area (Å²) < 4.78 is 5.76. The number of unbranched alkanes of at least 4 members (excludes halogenated alkanes) is 12. The van der Waals surface area contributed by atoms with E-state index in [0.29, 0.717) is 0 Å². The molecule has 0 amide bonds. The Labute approximate surface area is 168 Å². The lowest BCUT2D eigenvalue weighted by molar-refractivity contribution is 0.111. The average molecular weight is 375 g/mol. The first-order chi connectivity index (χ1) is 13.2. The van der Waals surface area contributed by atoms with Gasteiger partial charge in [0.25, 0.3) is 0 Å². The number of carbonyl (C=O) groups excluding carboxylic acids is 1. The molecule has 2 heteroatoms. The highest BCUT2D eigenvalue weighted by atomic mass is 16.5. The molecule has 0 fully saturated rings. The summed E-state index contributed by atoms with van der Waals surface area (Å²) in [5.41, 5.74) is 1.87. The third kappa shape index (κ3) is 11.2. The van der Waals surface area contributed by atoms with Crippen LogP contribution in [-0.4, -0.2) is 12.4 Å². The normalized spacial score (nSPS) is 11.1. The molecule has 0 heterocycles. The highest BCUT2D eigenvalue weighted by Crippen LogP contribution is 2.23. The Balaban J connectivity index is 2.09. The number of aldehydes is 1. The Morgan fingerprint density at radius 3 is 1.81 bits per heavy atom. The van der Waals surface area contributed by atoms with Crippen molar-refractivity contribution in [2.24, 2.45) is 0 Å². The van der Waals surface area contributed by atoms with Gasteiger partial charge in [-0.2, -0.15) is 0 Å². The lowest BCUT2D eigenvalue weighted by Gasteiger charge is -2.14. The van der Waals surface area contributed by atoms with Crippen molar-refractivity contribution in [1.82, 2.24) is 0 Å². The second kappa shape index (κ2) is 15.7. The van der Waals surface area contributed by atoms with E-state index in [4.69, 9.17) is 4.74 Å². The minimum Gasteiger partial charge on any atom is -0.490 e. The van der Waals surface area contributed by atoms with Gasteiger partial charge in [-0.1, -0.05) is 96.1 Å². The number of carbonyl (C=O) groups is 1. The van der Waals surface area contributed by atoms with Gasteiger partial charge in [0.05, 0.1) is 11.7 Å². The van der Waals surface area contributed by atoms with Crippen LogP contribution in [-0.2, 0) is 6.42 Å². The number of aryl methyl sites for hydroxylation is 1. The van der Waals surface area contributed by atoms with Crippen LogP contribution >= 0.6 is 0 Å². The van der Waals surface area contributed by atoms with Gasteiger partial charge >= 0.3 is 0 Å². The minimum absolute atomic E-state index is 0.0929. The molecule has 1 aromatic carbocycles. The zero-order chi connectivity index (χ0) is 19.7. The largest absolute Gasteiger partial charge is 0.490 e. The van der Waals surface area contributed by atoms with E-state index < -0.39 is 0 Å². The zero-order valence-electron chi connectivity index (χ0n) is 18.1. The standard InChI is InChI=1S/C25H42O2/c1-4-5-6-7-8-9-10-11-12-13-14-15-16-18-23-19-17-20-25(24(23)21-26)27-22(2)3/h17,19-22H,4-16,18H2,1-3H3. The van der Waals surface area contributed by atoms with Crippen LogP contribution in [0.4, 0.5) is 0 Å². The Morgan fingerprint density at radius 1 is 0.815 bits per heavy atom. The zero-order valence-corrected chi connectivity index (χ0v) is 18.1. The van der Waals surface area contributed by atoms with Gasteiger partial charge in [0.2, 0.25) is 0 Å². The number of ether oxygens (including phenoxy) is 1. The number of rotatable bonds is 17. The summed E-state index contributed by atoms with van der Waals surface area (Å²) in [5, 5.41) is 0. The molecule has 0 atom stereocenters. The highest BCUT2D eigenvalue weighted by molar-refractivity contribution is 5.81.